The Kier molecular flexibility index (Phi) is 7.83. The molecule has 0 spiro atoms. The molecule has 0 saturated carbocycles. The van der Waals surface area contributed by atoms with Gasteiger partial charge in [0.1, 0.15) is 0 Å². The lowest BCUT2D eigenvalue weighted by molar-refractivity contribution is 0.180. The van der Waals surface area contributed by atoms with Gasteiger partial charge in [0.2, 0.25) is 10.0 Å². The molecule has 0 unspecified atom stereocenters. The maximum absolute atomic E-state index is 12.7. The molecule has 7 heteroatoms. The maximum atomic E-state index is 12.7. The van der Waals surface area contributed by atoms with E-state index in [1.165, 1.54) is 4.31 Å². The second-order valence-corrected chi connectivity index (χ2v) is 7.30. The molecule has 0 aliphatic heterocycles. The van der Waals surface area contributed by atoms with Crippen molar-refractivity contribution >= 4 is 26.0 Å². The number of hydrogen-bond acceptors (Lipinski definition) is 4. The minimum Gasteiger partial charge on any atom is -0.383 e. The van der Waals surface area contributed by atoms with Crippen LogP contribution < -0.4 is 5.32 Å². The number of nitrogens with one attached hydrogen (secondary N) is 1. The highest BCUT2D eigenvalue weighted by Crippen LogP contribution is 2.26. The molecule has 0 fully saturated rings. The second kappa shape index (κ2) is 8.85. The van der Waals surface area contributed by atoms with Crippen LogP contribution in [0.4, 0.5) is 0 Å². The van der Waals surface area contributed by atoms with E-state index < -0.39 is 10.0 Å². The fraction of sp³-hybridized carbons (Fsp3) is 0.571. The van der Waals surface area contributed by atoms with E-state index >= 15 is 0 Å². The molecule has 0 aromatic heterocycles. The third kappa shape index (κ3) is 5.03. The van der Waals surface area contributed by atoms with Crippen LogP contribution in [0.25, 0.3) is 0 Å². The monoisotopic (exact) mass is 378 g/mol. The molecule has 1 N–H and O–H groups in total. The summed E-state index contributed by atoms with van der Waals surface area (Å²) in [5.74, 6) is 0. The Morgan fingerprint density at radius 1 is 1.33 bits per heavy atom. The molecular formula is C14H23BrN2O3S. The lowest BCUT2D eigenvalue weighted by Gasteiger charge is -2.21. The van der Waals surface area contributed by atoms with Crippen molar-refractivity contribution in [2.75, 3.05) is 33.4 Å². The zero-order valence-electron chi connectivity index (χ0n) is 12.7. The number of halogens is 1. The molecule has 1 rings (SSSR count). The topological polar surface area (TPSA) is 58.6 Å². The van der Waals surface area contributed by atoms with E-state index in [4.69, 9.17) is 4.74 Å². The van der Waals surface area contributed by atoms with Gasteiger partial charge in [-0.1, -0.05) is 19.9 Å². The fourth-order valence-corrected chi connectivity index (χ4v) is 4.31. The second-order valence-electron chi connectivity index (χ2n) is 4.53. The summed E-state index contributed by atoms with van der Waals surface area (Å²) < 4.78 is 32.5. The van der Waals surface area contributed by atoms with E-state index in [1.54, 1.807) is 19.2 Å². The van der Waals surface area contributed by atoms with Gasteiger partial charge in [0, 0.05) is 31.2 Å². The third-order valence-electron chi connectivity index (χ3n) is 3.09. The Bertz CT molecular complexity index is 549. The molecule has 0 bridgehead atoms. The summed E-state index contributed by atoms with van der Waals surface area (Å²) in [4.78, 5) is 0.302. The number of likely N-dealkylation sites (N-methyl/N-ethyl adjacent to an activating group) is 1. The molecule has 120 valence electrons. The average Bonchev–Trinajstić information content (AvgIpc) is 2.46. The summed E-state index contributed by atoms with van der Waals surface area (Å²) in [6.45, 7) is 6.46. The van der Waals surface area contributed by atoms with Crippen molar-refractivity contribution in [3.05, 3.63) is 28.2 Å². The number of nitrogens with zero attached hydrogens (tertiary/aromatic N) is 1. The van der Waals surface area contributed by atoms with Gasteiger partial charge in [0.05, 0.1) is 11.5 Å². The summed E-state index contributed by atoms with van der Waals surface area (Å²) >= 11 is 3.34. The summed E-state index contributed by atoms with van der Waals surface area (Å²) in [7, 11) is -1.96. The van der Waals surface area contributed by atoms with Crippen LogP contribution in [0.1, 0.15) is 19.4 Å². The third-order valence-corrected chi connectivity index (χ3v) is 6.06. The SMILES string of the molecule is CCNCc1ccc(Br)c(S(=O)(=O)N(CC)CCOC)c1. The Morgan fingerprint density at radius 3 is 2.62 bits per heavy atom. The number of hydrogen-bond donors (Lipinski definition) is 1. The van der Waals surface area contributed by atoms with Crippen LogP contribution in [-0.2, 0) is 21.3 Å². The van der Waals surface area contributed by atoms with Gasteiger partial charge in [-0.15, -0.1) is 0 Å². The van der Waals surface area contributed by atoms with Crippen LogP contribution in [0.2, 0.25) is 0 Å². The predicted molar refractivity (Wildman–Crippen MR) is 87.8 cm³/mol. The lowest BCUT2D eigenvalue weighted by atomic mass is 10.2. The first-order valence-electron chi connectivity index (χ1n) is 6.95. The van der Waals surface area contributed by atoms with Gasteiger partial charge in [-0.2, -0.15) is 4.31 Å². The predicted octanol–water partition coefficient (Wildman–Crippen LogP) is 2.22. The molecule has 5 nitrogen and oxygen atoms in total. The van der Waals surface area contributed by atoms with Gasteiger partial charge < -0.3 is 10.1 Å². The van der Waals surface area contributed by atoms with E-state index in [0.29, 0.717) is 35.6 Å². The minimum absolute atomic E-state index is 0.302. The molecule has 0 radical (unpaired) electrons. The summed E-state index contributed by atoms with van der Waals surface area (Å²) in [6, 6.07) is 5.42. The quantitative estimate of drug-likeness (QED) is 0.715. The van der Waals surface area contributed by atoms with Gasteiger partial charge in [-0.3, -0.25) is 0 Å². The highest BCUT2D eigenvalue weighted by atomic mass is 79.9. The Hall–Kier alpha value is -0.470. The molecule has 0 heterocycles. The van der Waals surface area contributed by atoms with E-state index in [2.05, 4.69) is 21.2 Å². The highest BCUT2D eigenvalue weighted by Gasteiger charge is 2.25. The summed E-state index contributed by atoms with van der Waals surface area (Å²) in [5, 5.41) is 3.20. The van der Waals surface area contributed by atoms with Crippen LogP contribution in [0.3, 0.4) is 0 Å². The van der Waals surface area contributed by atoms with Gasteiger partial charge in [0.15, 0.2) is 0 Å². The minimum atomic E-state index is -3.52. The Labute approximate surface area is 135 Å². The number of methoxy groups -OCH3 is 1. The fourth-order valence-electron chi connectivity index (χ4n) is 1.91. The number of ether oxygens (including phenoxy) is 1. The zero-order chi connectivity index (χ0) is 15.9. The summed E-state index contributed by atoms with van der Waals surface area (Å²) in [5.41, 5.74) is 0.946. The van der Waals surface area contributed by atoms with Crippen LogP contribution in [0, 0.1) is 0 Å². The molecule has 0 aliphatic carbocycles. The number of rotatable bonds is 9. The standard InChI is InChI=1S/C14H23BrN2O3S/c1-4-16-11-12-6-7-13(15)14(10-12)21(18,19)17(5-2)8-9-20-3/h6-7,10,16H,4-5,8-9,11H2,1-3H3. The molecular weight excluding hydrogens is 356 g/mol. The van der Waals surface area contributed by atoms with Crippen molar-refractivity contribution in [2.45, 2.75) is 25.3 Å². The maximum Gasteiger partial charge on any atom is 0.244 e. The van der Waals surface area contributed by atoms with Crippen molar-refractivity contribution < 1.29 is 13.2 Å². The lowest BCUT2D eigenvalue weighted by Crippen LogP contribution is -2.34. The van der Waals surface area contributed by atoms with Crippen molar-refractivity contribution in [1.29, 1.82) is 0 Å². The Balaban J connectivity index is 3.10. The van der Waals surface area contributed by atoms with E-state index in [-0.39, 0.29) is 0 Å². The molecule has 0 aliphatic rings. The van der Waals surface area contributed by atoms with Crippen molar-refractivity contribution in [2.24, 2.45) is 0 Å². The molecule has 21 heavy (non-hydrogen) atoms. The first kappa shape index (κ1) is 18.6. The van der Waals surface area contributed by atoms with Crippen molar-refractivity contribution in [1.82, 2.24) is 9.62 Å². The van der Waals surface area contributed by atoms with Gasteiger partial charge in [0.25, 0.3) is 0 Å². The smallest absolute Gasteiger partial charge is 0.244 e. The molecule has 0 atom stereocenters. The number of sulfonamides is 1. The normalized spacial score (nSPS) is 12.0. The zero-order valence-corrected chi connectivity index (χ0v) is 15.1. The molecule has 0 amide bonds. The van der Waals surface area contributed by atoms with E-state index in [0.717, 1.165) is 12.1 Å². The van der Waals surface area contributed by atoms with Gasteiger partial charge >= 0.3 is 0 Å². The first-order valence-corrected chi connectivity index (χ1v) is 9.18. The van der Waals surface area contributed by atoms with Crippen LogP contribution in [0.5, 0.6) is 0 Å². The molecule has 0 saturated heterocycles. The largest absolute Gasteiger partial charge is 0.383 e. The van der Waals surface area contributed by atoms with Crippen LogP contribution in [-0.4, -0.2) is 46.1 Å². The van der Waals surface area contributed by atoms with E-state index in [1.807, 2.05) is 19.9 Å². The molecule has 1 aromatic carbocycles. The molecule has 1 aromatic rings. The van der Waals surface area contributed by atoms with Gasteiger partial charge in [-0.25, -0.2) is 8.42 Å². The van der Waals surface area contributed by atoms with Crippen LogP contribution in [0.15, 0.2) is 27.6 Å². The van der Waals surface area contributed by atoms with E-state index in [9.17, 15) is 8.42 Å². The van der Waals surface area contributed by atoms with Crippen molar-refractivity contribution in [3.8, 4) is 0 Å². The average molecular weight is 379 g/mol. The first-order chi connectivity index (χ1) is 9.97. The number of benzene rings is 1. The highest BCUT2D eigenvalue weighted by molar-refractivity contribution is 9.10. The van der Waals surface area contributed by atoms with Crippen LogP contribution >= 0.6 is 15.9 Å². The van der Waals surface area contributed by atoms with Gasteiger partial charge in [-0.05, 0) is 40.2 Å². The Morgan fingerprint density at radius 2 is 2.05 bits per heavy atom. The summed E-state index contributed by atoms with van der Waals surface area (Å²) in [6.07, 6.45) is 0. The van der Waals surface area contributed by atoms with Crippen molar-refractivity contribution in [3.63, 3.8) is 0 Å².